The summed E-state index contributed by atoms with van der Waals surface area (Å²) >= 11 is 0. The highest BCUT2D eigenvalue weighted by molar-refractivity contribution is 5.65. The molecule has 3 nitrogen and oxygen atoms in total. The van der Waals surface area contributed by atoms with Crippen LogP contribution in [0.1, 0.15) is 5.56 Å². The van der Waals surface area contributed by atoms with Crippen LogP contribution in [0.15, 0.2) is 36.5 Å². The minimum absolute atomic E-state index is 0.0706. The smallest absolute Gasteiger partial charge is 0.212 e. The Kier molecular flexibility index (Phi) is 3.35. The Bertz CT molecular complexity index is 489. The molecule has 0 unspecified atom stereocenters. The molecule has 1 aromatic carbocycles. The van der Waals surface area contributed by atoms with E-state index >= 15 is 0 Å². The van der Waals surface area contributed by atoms with Gasteiger partial charge in [0, 0.05) is 11.8 Å². The highest BCUT2D eigenvalue weighted by Crippen LogP contribution is 2.25. The van der Waals surface area contributed by atoms with Crippen molar-refractivity contribution in [2.75, 3.05) is 7.11 Å². The maximum Gasteiger partial charge on any atom is 0.212 e. The van der Waals surface area contributed by atoms with Crippen molar-refractivity contribution in [1.82, 2.24) is 4.98 Å². The van der Waals surface area contributed by atoms with E-state index in [-0.39, 0.29) is 6.61 Å². The number of aliphatic hydroxyl groups is 1. The Hall–Kier alpha value is -1.94. The minimum atomic E-state index is -0.515. The zero-order valence-electron chi connectivity index (χ0n) is 9.35. The number of rotatable bonds is 3. The van der Waals surface area contributed by atoms with Crippen molar-refractivity contribution < 1.29 is 14.2 Å². The molecule has 4 heteroatoms. The molecule has 0 radical (unpaired) electrons. The first-order chi connectivity index (χ1) is 8.22. The fourth-order valence-corrected chi connectivity index (χ4v) is 1.58. The van der Waals surface area contributed by atoms with Gasteiger partial charge in [0.05, 0.1) is 13.7 Å². The van der Waals surface area contributed by atoms with Crippen molar-refractivity contribution in [2.24, 2.45) is 0 Å². The van der Waals surface area contributed by atoms with Crippen LogP contribution >= 0.6 is 0 Å². The molecule has 0 bridgehead atoms. The highest BCUT2D eigenvalue weighted by Gasteiger charge is 2.04. The first kappa shape index (κ1) is 11.5. The van der Waals surface area contributed by atoms with Gasteiger partial charge < -0.3 is 9.84 Å². The number of ether oxygens (including phenoxy) is 1. The number of aliphatic hydroxyl groups excluding tert-OH is 1. The summed E-state index contributed by atoms with van der Waals surface area (Å²) in [6.07, 6.45) is 1.45. The Morgan fingerprint density at radius 2 is 2.06 bits per heavy atom. The van der Waals surface area contributed by atoms with Gasteiger partial charge in [0.15, 0.2) is 0 Å². The molecule has 1 heterocycles. The van der Waals surface area contributed by atoms with Crippen molar-refractivity contribution in [3.05, 3.63) is 48.0 Å². The monoisotopic (exact) mass is 233 g/mol. The third-order valence-corrected chi connectivity index (χ3v) is 2.45. The summed E-state index contributed by atoms with van der Waals surface area (Å²) in [4.78, 5) is 3.60. The van der Waals surface area contributed by atoms with E-state index in [0.717, 1.165) is 16.7 Å². The summed E-state index contributed by atoms with van der Waals surface area (Å²) in [5.74, 6) is 0.134. The molecule has 0 amide bonds. The molecule has 0 saturated heterocycles. The van der Waals surface area contributed by atoms with Gasteiger partial charge in [-0.15, -0.1) is 0 Å². The molecular formula is C13H12FNO2. The molecule has 88 valence electrons. The first-order valence-electron chi connectivity index (χ1n) is 5.13. The third kappa shape index (κ3) is 2.60. The molecule has 0 aliphatic rings. The average molecular weight is 233 g/mol. The van der Waals surface area contributed by atoms with E-state index < -0.39 is 5.95 Å². The van der Waals surface area contributed by atoms with E-state index in [1.54, 1.807) is 19.2 Å². The van der Waals surface area contributed by atoms with Gasteiger partial charge in [-0.25, -0.2) is 4.98 Å². The third-order valence-electron chi connectivity index (χ3n) is 2.45. The minimum Gasteiger partial charge on any atom is -0.497 e. The van der Waals surface area contributed by atoms with Crippen LogP contribution in [0.2, 0.25) is 0 Å². The van der Waals surface area contributed by atoms with Crippen LogP contribution in [-0.4, -0.2) is 17.2 Å². The molecule has 0 saturated carbocycles. The van der Waals surface area contributed by atoms with Gasteiger partial charge in [0.1, 0.15) is 5.75 Å². The summed E-state index contributed by atoms with van der Waals surface area (Å²) in [5, 5.41) is 9.14. The first-order valence-corrected chi connectivity index (χ1v) is 5.13. The van der Waals surface area contributed by atoms with Gasteiger partial charge in [0.2, 0.25) is 5.95 Å². The highest BCUT2D eigenvalue weighted by atomic mass is 19.1. The molecule has 0 aliphatic heterocycles. The summed E-state index contributed by atoms with van der Waals surface area (Å²) in [7, 11) is 1.56. The summed E-state index contributed by atoms with van der Waals surface area (Å²) < 4.78 is 17.9. The predicted octanol–water partition coefficient (Wildman–Crippen LogP) is 2.39. The van der Waals surface area contributed by atoms with Gasteiger partial charge in [-0.05, 0) is 41.5 Å². The van der Waals surface area contributed by atoms with Crippen LogP contribution < -0.4 is 4.74 Å². The van der Waals surface area contributed by atoms with Gasteiger partial charge >= 0.3 is 0 Å². The van der Waals surface area contributed by atoms with Gasteiger partial charge in [-0.1, -0.05) is 0 Å². The average Bonchev–Trinajstić information content (AvgIpc) is 2.39. The molecule has 2 rings (SSSR count). The molecule has 2 aromatic rings. The molecule has 1 aromatic heterocycles. The van der Waals surface area contributed by atoms with E-state index in [4.69, 9.17) is 9.84 Å². The fourth-order valence-electron chi connectivity index (χ4n) is 1.58. The lowest BCUT2D eigenvalue weighted by Crippen LogP contribution is -1.90. The van der Waals surface area contributed by atoms with E-state index in [2.05, 4.69) is 4.98 Å². The van der Waals surface area contributed by atoms with Crippen LogP contribution in [0.25, 0.3) is 11.1 Å². The van der Waals surface area contributed by atoms with Crippen LogP contribution in [-0.2, 0) is 6.61 Å². The lowest BCUT2D eigenvalue weighted by atomic mass is 10.0. The Balaban J connectivity index is 2.46. The maximum absolute atomic E-state index is 12.7. The second-order valence-corrected chi connectivity index (χ2v) is 3.60. The number of methoxy groups -OCH3 is 1. The van der Waals surface area contributed by atoms with Crippen LogP contribution in [0.3, 0.4) is 0 Å². The van der Waals surface area contributed by atoms with Crippen molar-refractivity contribution in [1.29, 1.82) is 0 Å². The number of nitrogens with zero attached hydrogens (tertiary/aromatic N) is 1. The normalized spacial score (nSPS) is 10.3. The number of hydrogen-bond donors (Lipinski definition) is 1. The van der Waals surface area contributed by atoms with E-state index in [1.165, 1.54) is 12.3 Å². The second-order valence-electron chi connectivity index (χ2n) is 3.60. The Morgan fingerprint density at radius 3 is 2.65 bits per heavy atom. The van der Waals surface area contributed by atoms with Crippen molar-refractivity contribution in [3.63, 3.8) is 0 Å². The molecule has 0 atom stereocenters. The van der Waals surface area contributed by atoms with Crippen LogP contribution in [0.5, 0.6) is 5.75 Å². The molecular weight excluding hydrogens is 221 g/mol. The topological polar surface area (TPSA) is 42.4 Å². The van der Waals surface area contributed by atoms with E-state index in [9.17, 15) is 4.39 Å². The lowest BCUT2D eigenvalue weighted by molar-refractivity contribution is 0.281. The molecule has 0 spiro atoms. The van der Waals surface area contributed by atoms with E-state index in [1.807, 2.05) is 12.1 Å². The fraction of sp³-hybridized carbons (Fsp3) is 0.154. The number of halogens is 1. The number of pyridine rings is 1. The quantitative estimate of drug-likeness (QED) is 0.828. The molecule has 0 fully saturated rings. The second kappa shape index (κ2) is 4.93. The van der Waals surface area contributed by atoms with Crippen LogP contribution in [0.4, 0.5) is 4.39 Å². The maximum atomic E-state index is 12.7. The summed E-state index contributed by atoms with van der Waals surface area (Å²) in [5.41, 5.74) is 2.35. The summed E-state index contributed by atoms with van der Waals surface area (Å²) in [6, 6.07) is 8.32. The SMILES string of the molecule is COc1cc(CO)cc(-c2ccc(F)nc2)c1. The lowest BCUT2D eigenvalue weighted by Gasteiger charge is -2.07. The van der Waals surface area contributed by atoms with Crippen molar-refractivity contribution in [3.8, 4) is 16.9 Å². The van der Waals surface area contributed by atoms with Gasteiger partial charge in [0.25, 0.3) is 0 Å². The van der Waals surface area contributed by atoms with Crippen LogP contribution in [0, 0.1) is 5.95 Å². The Labute approximate surface area is 98.5 Å². The molecule has 0 aliphatic carbocycles. The zero-order chi connectivity index (χ0) is 12.3. The van der Waals surface area contributed by atoms with Crippen molar-refractivity contribution >= 4 is 0 Å². The molecule has 1 N–H and O–H groups in total. The summed E-state index contributed by atoms with van der Waals surface area (Å²) in [6.45, 7) is -0.0706. The number of benzene rings is 1. The zero-order valence-corrected chi connectivity index (χ0v) is 9.35. The van der Waals surface area contributed by atoms with Gasteiger partial charge in [-0.2, -0.15) is 4.39 Å². The van der Waals surface area contributed by atoms with E-state index in [0.29, 0.717) is 5.75 Å². The standard InChI is InChI=1S/C13H12FNO2/c1-17-12-5-9(8-16)4-11(6-12)10-2-3-13(14)15-7-10/h2-7,16H,8H2,1H3. The predicted molar refractivity (Wildman–Crippen MR) is 62.1 cm³/mol. The van der Waals surface area contributed by atoms with Crippen molar-refractivity contribution in [2.45, 2.75) is 6.61 Å². The molecule has 17 heavy (non-hydrogen) atoms. The Morgan fingerprint density at radius 1 is 1.24 bits per heavy atom. The number of aromatic nitrogens is 1. The number of hydrogen-bond acceptors (Lipinski definition) is 3. The largest absolute Gasteiger partial charge is 0.497 e. The van der Waals surface area contributed by atoms with Gasteiger partial charge in [-0.3, -0.25) is 0 Å².